The zero-order valence-corrected chi connectivity index (χ0v) is 16.4. The normalized spacial score (nSPS) is 11.8. The van der Waals surface area contributed by atoms with Crippen molar-refractivity contribution in [2.45, 2.75) is 6.92 Å². The van der Waals surface area contributed by atoms with Crippen molar-refractivity contribution >= 4 is 39.8 Å². The lowest BCUT2D eigenvalue weighted by atomic mass is 10.1. The van der Waals surface area contributed by atoms with Crippen LogP contribution in [0.15, 0.2) is 82.7 Å². The summed E-state index contributed by atoms with van der Waals surface area (Å²) < 4.78 is 1.34. The Morgan fingerprint density at radius 3 is 2.32 bits per heavy atom. The monoisotopic (exact) mass is 407 g/mol. The van der Waals surface area contributed by atoms with Gasteiger partial charge in [0.25, 0.3) is 5.56 Å². The molecule has 0 aliphatic heterocycles. The van der Waals surface area contributed by atoms with E-state index in [1.807, 2.05) is 49.4 Å². The molecule has 0 atom stereocenters. The van der Waals surface area contributed by atoms with E-state index < -0.39 is 0 Å². The summed E-state index contributed by atoms with van der Waals surface area (Å²) in [6.07, 6.45) is 0. The van der Waals surface area contributed by atoms with Crippen LogP contribution in [0.25, 0.3) is 22.3 Å². The van der Waals surface area contributed by atoms with Gasteiger partial charge in [0, 0.05) is 15.6 Å². The van der Waals surface area contributed by atoms with Crippen molar-refractivity contribution in [3.63, 3.8) is 0 Å². The zero-order valence-electron chi connectivity index (χ0n) is 14.9. The average molecular weight is 408 g/mol. The third-order valence-electron chi connectivity index (χ3n) is 4.35. The minimum atomic E-state index is -0.256. The Bertz CT molecular complexity index is 1250. The van der Waals surface area contributed by atoms with Crippen molar-refractivity contribution in [2.75, 3.05) is 0 Å². The summed E-state index contributed by atoms with van der Waals surface area (Å²) >= 11 is 12.1. The van der Waals surface area contributed by atoms with Gasteiger partial charge in [0.15, 0.2) is 5.82 Å². The summed E-state index contributed by atoms with van der Waals surface area (Å²) in [4.78, 5) is 17.9. The van der Waals surface area contributed by atoms with E-state index in [-0.39, 0.29) is 5.56 Å². The Kier molecular flexibility index (Phi) is 4.99. The summed E-state index contributed by atoms with van der Waals surface area (Å²) in [5, 5.41) is 6.21. The van der Waals surface area contributed by atoms with Gasteiger partial charge in [-0.2, -0.15) is 9.78 Å². The van der Waals surface area contributed by atoms with E-state index in [1.54, 1.807) is 30.3 Å². The highest BCUT2D eigenvalue weighted by atomic mass is 35.5. The fraction of sp³-hybridized carbons (Fsp3) is 0.0455. The molecule has 0 aliphatic rings. The number of benzene rings is 3. The summed E-state index contributed by atoms with van der Waals surface area (Å²) in [5.41, 5.74) is 2.60. The number of aromatic nitrogens is 2. The van der Waals surface area contributed by atoms with Crippen LogP contribution in [-0.2, 0) is 0 Å². The third kappa shape index (κ3) is 3.57. The maximum Gasteiger partial charge on any atom is 0.282 e. The Morgan fingerprint density at radius 2 is 1.61 bits per heavy atom. The first-order chi connectivity index (χ1) is 13.5. The molecule has 0 saturated heterocycles. The fourth-order valence-corrected chi connectivity index (χ4v) is 3.21. The zero-order chi connectivity index (χ0) is 19.7. The van der Waals surface area contributed by atoms with E-state index >= 15 is 0 Å². The standard InChI is InChI=1S/C22H15Cl2N3O/c1-14(15-7-9-17(23)10-8-15)26-27-21(16-5-3-2-4-6-16)25-20-13-18(24)11-12-19(20)22(27)28/h2-13H,1H3/b26-14+. The summed E-state index contributed by atoms with van der Waals surface area (Å²) in [6.45, 7) is 1.84. The predicted octanol–water partition coefficient (Wildman–Crippen LogP) is 5.64. The second-order valence-electron chi connectivity index (χ2n) is 6.27. The van der Waals surface area contributed by atoms with E-state index in [1.165, 1.54) is 4.68 Å². The molecule has 0 saturated carbocycles. The molecule has 3 aromatic carbocycles. The molecule has 0 N–H and O–H groups in total. The Labute approximate surface area is 171 Å². The largest absolute Gasteiger partial charge is 0.282 e. The van der Waals surface area contributed by atoms with E-state index in [9.17, 15) is 4.79 Å². The Hall–Kier alpha value is -2.95. The van der Waals surface area contributed by atoms with Gasteiger partial charge in [-0.05, 0) is 42.8 Å². The molecule has 28 heavy (non-hydrogen) atoms. The van der Waals surface area contributed by atoms with Crippen LogP contribution in [0.1, 0.15) is 12.5 Å². The lowest BCUT2D eigenvalue weighted by Gasteiger charge is -2.11. The lowest BCUT2D eigenvalue weighted by molar-refractivity contribution is 0.824. The van der Waals surface area contributed by atoms with Gasteiger partial charge in [-0.3, -0.25) is 4.79 Å². The van der Waals surface area contributed by atoms with Crippen molar-refractivity contribution in [1.82, 2.24) is 9.66 Å². The van der Waals surface area contributed by atoms with Crippen molar-refractivity contribution in [1.29, 1.82) is 0 Å². The lowest BCUT2D eigenvalue weighted by Crippen LogP contribution is -2.21. The second kappa shape index (κ2) is 7.58. The van der Waals surface area contributed by atoms with Crippen molar-refractivity contribution in [2.24, 2.45) is 5.10 Å². The SMILES string of the molecule is C/C(=N\n1c(-c2ccccc2)nc2cc(Cl)ccc2c1=O)c1ccc(Cl)cc1. The quantitative estimate of drug-likeness (QED) is 0.412. The Morgan fingerprint density at radius 1 is 0.929 bits per heavy atom. The second-order valence-corrected chi connectivity index (χ2v) is 7.15. The minimum absolute atomic E-state index is 0.256. The van der Waals surface area contributed by atoms with Gasteiger partial charge in [-0.15, -0.1) is 0 Å². The fourth-order valence-electron chi connectivity index (χ4n) is 2.92. The highest BCUT2D eigenvalue weighted by Crippen LogP contribution is 2.21. The van der Waals surface area contributed by atoms with Crippen LogP contribution in [0.4, 0.5) is 0 Å². The average Bonchev–Trinajstić information content (AvgIpc) is 2.71. The number of hydrogen-bond acceptors (Lipinski definition) is 3. The van der Waals surface area contributed by atoms with Gasteiger partial charge in [-0.25, -0.2) is 4.98 Å². The van der Waals surface area contributed by atoms with Crippen LogP contribution in [0, 0.1) is 0 Å². The number of hydrogen-bond donors (Lipinski definition) is 0. The van der Waals surface area contributed by atoms with Gasteiger partial charge in [-0.1, -0.05) is 65.7 Å². The number of nitrogens with zero attached hydrogens (tertiary/aromatic N) is 3. The van der Waals surface area contributed by atoms with E-state index in [2.05, 4.69) is 10.1 Å². The van der Waals surface area contributed by atoms with Gasteiger partial charge >= 0.3 is 0 Å². The third-order valence-corrected chi connectivity index (χ3v) is 4.84. The molecule has 6 heteroatoms. The number of fused-ring (bicyclic) bond motifs is 1. The van der Waals surface area contributed by atoms with Crippen LogP contribution >= 0.6 is 23.2 Å². The van der Waals surface area contributed by atoms with E-state index in [0.717, 1.165) is 11.1 Å². The molecule has 4 aromatic rings. The van der Waals surface area contributed by atoms with Crippen LogP contribution in [0.5, 0.6) is 0 Å². The Balaban J connectivity index is 1.99. The molecule has 0 unspecified atom stereocenters. The summed E-state index contributed by atoms with van der Waals surface area (Å²) in [5.74, 6) is 0.452. The molecule has 138 valence electrons. The van der Waals surface area contributed by atoms with Crippen LogP contribution in [0.2, 0.25) is 10.0 Å². The van der Waals surface area contributed by atoms with Crippen LogP contribution < -0.4 is 5.56 Å². The van der Waals surface area contributed by atoms with E-state index in [0.29, 0.717) is 32.5 Å². The molecular weight excluding hydrogens is 393 g/mol. The summed E-state index contributed by atoms with van der Waals surface area (Å²) in [6, 6.07) is 21.8. The van der Waals surface area contributed by atoms with Crippen molar-refractivity contribution < 1.29 is 0 Å². The smallest absolute Gasteiger partial charge is 0.267 e. The topological polar surface area (TPSA) is 47.2 Å². The molecule has 0 bridgehead atoms. The van der Waals surface area contributed by atoms with Crippen LogP contribution in [-0.4, -0.2) is 15.4 Å². The van der Waals surface area contributed by atoms with Crippen molar-refractivity contribution in [3.8, 4) is 11.4 Å². The molecular formula is C22H15Cl2N3O. The molecule has 1 heterocycles. The molecule has 0 spiro atoms. The number of halogens is 2. The van der Waals surface area contributed by atoms with E-state index in [4.69, 9.17) is 23.2 Å². The first kappa shape index (κ1) is 18.4. The maximum atomic E-state index is 13.2. The molecule has 0 aliphatic carbocycles. The molecule has 0 fully saturated rings. The highest BCUT2D eigenvalue weighted by Gasteiger charge is 2.13. The van der Waals surface area contributed by atoms with Gasteiger partial charge < -0.3 is 0 Å². The van der Waals surface area contributed by atoms with Gasteiger partial charge in [0.2, 0.25) is 0 Å². The maximum absolute atomic E-state index is 13.2. The predicted molar refractivity (Wildman–Crippen MR) is 116 cm³/mol. The van der Waals surface area contributed by atoms with Gasteiger partial charge in [0.1, 0.15) is 0 Å². The van der Waals surface area contributed by atoms with Crippen LogP contribution in [0.3, 0.4) is 0 Å². The van der Waals surface area contributed by atoms with Gasteiger partial charge in [0.05, 0.1) is 16.6 Å². The molecule has 0 radical (unpaired) electrons. The minimum Gasteiger partial charge on any atom is -0.267 e. The molecule has 1 aromatic heterocycles. The first-order valence-electron chi connectivity index (χ1n) is 8.62. The summed E-state index contributed by atoms with van der Waals surface area (Å²) in [7, 11) is 0. The molecule has 0 amide bonds. The first-order valence-corrected chi connectivity index (χ1v) is 9.38. The van der Waals surface area contributed by atoms with Crippen molar-refractivity contribution in [3.05, 3.63) is 98.8 Å². The highest BCUT2D eigenvalue weighted by molar-refractivity contribution is 6.31. The molecule has 4 nitrogen and oxygen atoms in total. The number of rotatable bonds is 3. The molecule has 4 rings (SSSR count).